The summed E-state index contributed by atoms with van der Waals surface area (Å²) in [5, 5.41) is 10.6. The second-order valence-electron chi connectivity index (χ2n) is 25.9. The minimum absolute atomic E-state index is 0.107. The number of rotatable bonds is 68. The Hall–Kier alpha value is -1.94. The SMILES string of the molecule is CCCCCCCCCCCCCCC(=O)O[C@H](COC(=O)CCCCCCCCC)COP(=O)(O)OC[C@H](O)COP(=O)(O)OC[C@@H](COC(=O)CCCCCCCCCCCC(C)C)OC(=O)CCCCCCCCCCCCCCCCC(C)C. The molecule has 17 nitrogen and oxygen atoms in total. The van der Waals surface area contributed by atoms with Crippen LogP contribution in [-0.2, 0) is 65.4 Å². The summed E-state index contributed by atoms with van der Waals surface area (Å²) in [5.74, 6) is -0.590. The van der Waals surface area contributed by atoms with Crippen molar-refractivity contribution in [3.8, 4) is 0 Å². The number of phosphoric ester groups is 2. The third-order valence-corrected chi connectivity index (χ3v) is 17.9. The van der Waals surface area contributed by atoms with Crippen molar-refractivity contribution in [2.24, 2.45) is 11.8 Å². The summed E-state index contributed by atoms with van der Waals surface area (Å²) in [6.45, 7) is 9.51. The fourth-order valence-corrected chi connectivity index (χ4v) is 12.0. The largest absolute Gasteiger partial charge is 0.472 e. The molecule has 0 saturated heterocycles. The summed E-state index contributed by atoms with van der Waals surface area (Å²) in [7, 11) is -9.89. The van der Waals surface area contributed by atoms with Gasteiger partial charge in [0.1, 0.15) is 19.3 Å². The molecule has 3 N–H and O–H groups in total. The van der Waals surface area contributed by atoms with E-state index < -0.39 is 97.5 Å². The fourth-order valence-electron chi connectivity index (χ4n) is 10.4. The molecule has 0 aliphatic rings. The Labute approximate surface area is 537 Å². The molecule has 0 amide bonds. The highest BCUT2D eigenvalue weighted by molar-refractivity contribution is 7.47. The van der Waals surface area contributed by atoms with E-state index in [1.165, 1.54) is 154 Å². The van der Waals surface area contributed by atoms with Crippen molar-refractivity contribution < 1.29 is 80.2 Å². The maximum absolute atomic E-state index is 13.0. The number of aliphatic hydroxyl groups is 1. The first-order valence-corrected chi connectivity index (χ1v) is 39.0. The summed E-state index contributed by atoms with van der Waals surface area (Å²) in [6, 6.07) is 0. The van der Waals surface area contributed by atoms with Gasteiger partial charge in [0.25, 0.3) is 0 Å². The Morgan fingerprint density at radius 1 is 0.307 bits per heavy atom. The molecule has 88 heavy (non-hydrogen) atoms. The number of ether oxygens (including phenoxy) is 4. The standard InChI is InChI=1S/C69H134O17P2/c1-7-9-11-13-15-16-17-23-28-35-41-47-53-68(73)85-64(57-79-66(71)51-45-39-31-14-12-10-8-2)59-83-87(75,76)81-55-63(70)56-82-88(77,78)84-60-65(58-80-67(72)52-46-40-34-30-25-27-33-38-44-50-62(5)6)86-69(74)54-48-42-36-29-24-21-19-18-20-22-26-32-37-43-49-61(3)4/h61-65,70H,7-60H2,1-6H3,(H,75,76)(H,77,78)/t63-,64+,65+/m0/s1. The van der Waals surface area contributed by atoms with E-state index in [-0.39, 0.29) is 25.7 Å². The second kappa shape index (κ2) is 61.3. The van der Waals surface area contributed by atoms with Crippen molar-refractivity contribution in [2.75, 3.05) is 39.6 Å². The zero-order valence-electron chi connectivity index (χ0n) is 57.0. The molecule has 0 aliphatic heterocycles. The van der Waals surface area contributed by atoms with E-state index in [4.69, 9.17) is 37.0 Å². The highest BCUT2D eigenvalue weighted by Gasteiger charge is 2.30. The molecule has 0 aliphatic carbocycles. The molecule has 0 fully saturated rings. The van der Waals surface area contributed by atoms with Crippen molar-refractivity contribution >= 4 is 39.5 Å². The van der Waals surface area contributed by atoms with Crippen LogP contribution in [0.3, 0.4) is 0 Å². The highest BCUT2D eigenvalue weighted by atomic mass is 31.2. The lowest BCUT2D eigenvalue weighted by molar-refractivity contribution is -0.161. The van der Waals surface area contributed by atoms with Gasteiger partial charge in [-0.15, -0.1) is 0 Å². The topological polar surface area (TPSA) is 237 Å². The lowest BCUT2D eigenvalue weighted by atomic mass is 10.0. The van der Waals surface area contributed by atoms with Gasteiger partial charge in [-0.3, -0.25) is 37.3 Å². The zero-order chi connectivity index (χ0) is 65.0. The third-order valence-electron chi connectivity index (χ3n) is 16.0. The van der Waals surface area contributed by atoms with Crippen molar-refractivity contribution in [1.29, 1.82) is 0 Å². The number of carbonyl (C=O) groups excluding carboxylic acids is 4. The maximum atomic E-state index is 13.0. The normalized spacial score (nSPS) is 14.2. The number of phosphoric acid groups is 2. The van der Waals surface area contributed by atoms with Crippen LogP contribution >= 0.6 is 15.6 Å². The van der Waals surface area contributed by atoms with E-state index in [2.05, 4.69) is 41.5 Å². The number of hydrogen-bond acceptors (Lipinski definition) is 15. The predicted molar refractivity (Wildman–Crippen MR) is 354 cm³/mol. The molecule has 5 atom stereocenters. The van der Waals surface area contributed by atoms with Gasteiger partial charge in [-0.1, -0.05) is 298 Å². The smallest absolute Gasteiger partial charge is 0.462 e. The molecule has 0 spiro atoms. The van der Waals surface area contributed by atoms with E-state index in [1.807, 2.05) is 0 Å². The molecule has 0 rings (SSSR count). The van der Waals surface area contributed by atoms with Crippen LogP contribution in [0.5, 0.6) is 0 Å². The quantitative estimate of drug-likeness (QED) is 0.0222. The Balaban J connectivity index is 5.20. The van der Waals surface area contributed by atoms with Crippen LogP contribution in [0, 0.1) is 11.8 Å². The third kappa shape index (κ3) is 62.8. The minimum Gasteiger partial charge on any atom is -0.462 e. The lowest BCUT2D eigenvalue weighted by Gasteiger charge is -2.21. The number of aliphatic hydroxyl groups excluding tert-OH is 1. The van der Waals surface area contributed by atoms with Crippen LogP contribution in [0.4, 0.5) is 0 Å². The number of esters is 4. The number of carbonyl (C=O) groups is 4. The molecule has 0 aromatic carbocycles. The van der Waals surface area contributed by atoms with Crippen LogP contribution < -0.4 is 0 Å². The van der Waals surface area contributed by atoms with E-state index in [0.29, 0.717) is 25.7 Å². The molecule has 0 aromatic rings. The molecular formula is C69H134O17P2. The minimum atomic E-state index is -4.95. The van der Waals surface area contributed by atoms with Crippen LogP contribution in [0.2, 0.25) is 0 Å². The van der Waals surface area contributed by atoms with Gasteiger partial charge in [0.15, 0.2) is 12.2 Å². The Morgan fingerprint density at radius 3 is 0.773 bits per heavy atom. The molecule has 19 heteroatoms. The molecule has 0 radical (unpaired) electrons. The summed E-state index contributed by atoms with van der Waals surface area (Å²) < 4.78 is 68.1. The summed E-state index contributed by atoms with van der Waals surface area (Å²) >= 11 is 0. The maximum Gasteiger partial charge on any atom is 0.472 e. The van der Waals surface area contributed by atoms with Crippen LogP contribution in [0.15, 0.2) is 0 Å². The Kier molecular flexibility index (Phi) is 59.9. The summed E-state index contributed by atoms with van der Waals surface area (Å²) in [5.41, 5.74) is 0. The zero-order valence-corrected chi connectivity index (χ0v) is 58.8. The van der Waals surface area contributed by atoms with Gasteiger partial charge in [0, 0.05) is 25.7 Å². The van der Waals surface area contributed by atoms with Gasteiger partial charge in [0.05, 0.1) is 26.4 Å². The molecule has 0 saturated carbocycles. The molecule has 522 valence electrons. The van der Waals surface area contributed by atoms with Crippen molar-refractivity contribution in [2.45, 2.75) is 368 Å². The van der Waals surface area contributed by atoms with Crippen LogP contribution in [0.1, 0.15) is 350 Å². The van der Waals surface area contributed by atoms with E-state index >= 15 is 0 Å². The van der Waals surface area contributed by atoms with Crippen LogP contribution in [0.25, 0.3) is 0 Å². The highest BCUT2D eigenvalue weighted by Crippen LogP contribution is 2.45. The van der Waals surface area contributed by atoms with Gasteiger partial charge in [0.2, 0.25) is 0 Å². The molecule has 0 bridgehead atoms. The number of hydrogen-bond donors (Lipinski definition) is 3. The Bertz CT molecular complexity index is 1720. The summed E-state index contributed by atoms with van der Waals surface area (Å²) in [6.07, 6.45) is 45.9. The first kappa shape index (κ1) is 86.1. The number of unbranched alkanes of at least 4 members (excludes halogenated alkanes) is 38. The van der Waals surface area contributed by atoms with E-state index in [1.54, 1.807) is 0 Å². The molecule has 0 aromatic heterocycles. The molecular weight excluding hydrogens is 1160 g/mol. The first-order chi connectivity index (χ1) is 42.4. The van der Waals surface area contributed by atoms with Gasteiger partial charge in [-0.05, 0) is 37.5 Å². The van der Waals surface area contributed by atoms with Crippen molar-refractivity contribution in [1.82, 2.24) is 0 Å². The van der Waals surface area contributed by atoms with Gasteiger partial charge in [-0.2, -0.15) is 0 Å². The van der Waals surface area contributed by atoms with Crippen molar-refractivity contribution in [3.05, 3.63) is 0 Å². The summed E-state index contributed by atoms with van der Waals surface area (Å²) in [4.78, 5) is 72.4. The van der Waals surface area contributed by atoms with E-state index in [9.17, 15) is 43.2 Å². The van der Waals surface area contributed by atoms with Gasteiger partial charge >= 0.3 is 39.5 Å². The monoisotopic (exact) mass is 1300 g/mol. The average molecular weight is 1300 g/mol. The molecule has 0 heterocycles. The van der Waals surface area contributed by atoms with Gasteiger partial charge < -0.3 is 33.8 Å². The van der Waals surface area contributed by atoms with Crippen molar-refractivity contribution in [3.63, 3.8) is 0 Å². The first-order valence-electron chi connectivity index (χ1n) is 36.0. The Morgan fingerprint density at radius 2 is 0.523 bits per heavy atom. The fraction of sp³-hybridized carbons (Fsp3) is 0.942. The average Bonchev–Trinajstić information content (AvgIpc) is 3.56. The second-order valence-corrected chi connectivity index (χ2v) is 28.8. The molecule has 2 unspecified atom stereocenters. The van der Waals surface area contributed by atoms with Crippen LogP contribution in [-0.4, -0.2) is 96.7 Å². The lowest BCUT2D eigenvalue weighted by Crippen LogP contribution is -2.30. The predicted octanol–water partition coefficient (Wildman–Crippen LogP) is 19.6. The van der Waals surface area contributed by atoms with E-state index in [0.717, 1.165) is 115 Å². The van der Waals surface area contributed by atoms with Gasteiger partial charge in [-0.25, -0.2) is 9.13 Å².